The number of aliphatic imine (C=N–C) groups is 1. The minimum absolute atomic E-state index is 0.0894. The minimum Gasteiger partial charge on any atom is -0.361 e. The highest BCUT2D eigenvalue weighted by atomic mass is 16.6. The molecule has 7 nitrogen and oxygen atoms in total. The molecule has 1 heterocycles. The smallest absolute Gasteiger partial charge is 0.269 e. The fourth-order valence-electron chi connectivity index (χ4n) is 2.84. The van der Waals surface area contributed by atoms with E-state index in [0.29, 0.717) is 12.5 Å². The third-order valence-electron chi connectivity index (χ3n) is 4.17. The zero-order chi connectivity index (χ0) is 18.4. The van der Waals surface area contributed by atoms with Gasteiger partial charge in [-0.25, -0.2) is 0 Å². The van der Waals surface area contributed by atoms with Gasteiger partial charge in [-0.2, -0.15) is 0 Å². The molecule has 0 bridgehead atoms. The van der Waals surface area contributed by atoms with Crippen LogP contribution < -0.4 is 10.6 Å². The van der Waals surface area contributed by atoms with Crippen molar-refractivity contribution in [2.45, 2.75) is 13.0 Å². The van der Waals surface area contributed by atoms with Gasteiger partial charge in [-0.05, 0) is 23.6 Å². The average Bonchev–Trinajstić information content (AvgIpc) is 3.08. The fourth-order valence-corrected chi connectivity index (χ4v) is 2.84. The number of hydrogen-bond donors (Lipinski definition) is 3. The van der Waals surface area contributed by atoms with Gasteiger partial charge in [0.15, 0.2) is 5.96 Å². The topological polar surface area (TPSA) is 95.3 Å². The molecular formula is C19H21N5O2. The maximum atomic E-state index is 10.8. The first-order chi connectivity index (χ1) is 12.7. The molecule has 2 aromatic carbocycles. The molecule has 0 unspecified atom stereocenters. The molecule has 3 aromatic rings. The van der Waals surface area contributed by atoms with Gasteiger partial charge >= 0.3 is 0 Å². The second kappa shape index (κ2) is 8.15. The number of para-hydroxylation sites is 1. The molecule has 0 aliphatic rings. The molecule has 0 spiro atoms. The van der Waals surface area contributed by atoms with Gasteiger partial charge < -0.3 is 15.6 Å². The van der Waals surface area contributed by atoms with Gasteiger partial charge in [-0.15, -0.1) is 0 Å². The lowest BCUT2D eigenvalue weighted by atomic mass is 10.1. The first-order valence-corrected chi connectivity index (χ1v) is 8.40. The maximum Gasteiger partial charge on any atom is 0.269 e. The summed E-state index contributed by atoms with van der Waals surface area (Å²) in [7, 11) is 1.70. The number of aromatic nitrogens is 1. The molecule has 134 valence electrons. The molecule has 7 heteroatoms. The average molecular weight is 351 g/mol. The summed E-state index contributed by atoms with van der Waals surface area (Å²) in [6.45, 7) is 1.20. The zero-order valence-corrected chi connectivity index (χ0v) is 14.5. The lowest BCUT2D eigenvalue weighted by Gasteiger charge is -2.11. The quantitative estimate of drug-likeness (QED) is 0.275. The standard InChI is InChI=1S/C19H21N5O2/c1-20-19(23-12-14-5-4-6-16(11-14)24(25)26)21-10-9-15-13-22-18-8-3-2-7-17(15)18/h2-8,11,13,22H,9-10,12H2,1H3,(H2,20,21,23). The van der Waals surface area contributed by atoms with E-state index in [1.165, 1.54) is 17.0 Å². The van der Waals surface area contributed by atoms with E-state index in [9.17, 15) is 10.1 Å². The lowest BCUT2D eigenvalue weighted by Crippen LogP contribution is -2.37. The summed E-state index contributed by atoms with van der Waals surface area (Å²) < 4.78 is 0. The Bertz CT molecular complexity index is 932. The number of rotatable bonds is 6. The Labute approximate surface area is 151 Å². The summed E-state index contributed by atoms with van der Waals surface area (Å²) in [6, 6.07) is 14.8. The number of nitro groups is 1. The molecule has 0 aliphatic heterocycles. The summed E-state index contributed by atoms with van der Waals surface area (Å²) >= 11 is 0. The van der Waals surface area contributed by atoms with Crippen LogP contribution in [0.2, 0.25) is 0 Å². The summed E-state index contributed by atoms with van der Waals surface area (Å²) in [5, 5.41) is 18.5. The van der Waals surface area contributed by atoms with Gasteiger partial charge in [0.1, 0.15) is 0 Å². The first kappa shape index (κ1) is 17.5. The molecule has 26 heavy (non-hydrogen) atoms. The van der Waals surface area contributed by atoms with Crippen LogP contribution in [0, 0.1) is 10.1 Å². The van der Waals surface area contributed by atoms with Crippen LogP contribution in [0.4, 0.5) is 5.69 Å². The fraction of sp³-hybridized carbons (Fsp3) is 0.211. The predicted molar refractivity (Wildman–Crippen MR) is 103 cm³/mol. The van der Waals surface area contributed by atoms with E-state index >= 15 is 0 Å². The van der Waals surface area contributed by atoms with E-state index in [-0.39, 0.29) is 5.69 Å². The molecule has 0 atom stereocenters. The van der Waals surface area contributed by atoms with Crippen molar-refractivity contribution in [2.24, 2.45) is 4.99 Å². The number of aromatic amines is 1. The van der Waals surface area contributed by atoms with Crippen molar-refractivity contribution in [2.75, 3.05) is 13.6 Å². The van der Waals surface area contributed by atoms with Crippen LogP contribution >= 0.6 is 0 Å². The minimum atomic E-state index is -0.391. The zero-order valence-electron chi connectivity index (χ0n) is 14.5. The number of hydrogen-bond acceptors (Lipinski definition) is 3. The molecule has 0 aliphatic carbocycles. The van der Waals surface area contributed by atoms with Crippen LogP contribution in [0.25, 0.3) is 10.9 Å². The van der Waals surface area contributed by atoms with Crippen LogP contribution in [0.1, 0.15) is 11.1 Å². The molecule has 0 saturated carbocycles. The van der Waals surface area contributed by atoms with Crippen molar-refractivity contribution in [1.29, 1.82) is 0 Å². The highest BCUT2D eigenvalue weighted by Gasteiger charge is 2.07. The van der Waals surface area contributed by atoms with E-state index < -0.39 is 4.92 Å². The number of H-pyrrole nitrogens is 1. The van der Waals surface area contributed by atoms with Crippen LogP contribution in [-0.2, 0) is 13.0 Å². The van der Waals surface area contributed by atoms with Gasteiger partial charge in [-0.1, -0.05) is 30.3 Å². The number of nitro benzene ring substituents is 1. The first-order valence-electron chi connectivity index (χ1n) is 8.40. The van der Waals surface area contributed by atoms with Crippen molar-refractivity contribution < 1.29 is 4.92 Å². The molecule has 3 N–H and O–H groups in total. The van der Waals surface area contributed by atoms with Crippen molar-refractivity contribution >= 4 is 22.5 Å². The van der Waals surface area contributed by atoms with E-state index in [1.54, 1.807) is 19.2 Å². The van der Waals surface area contributed by atoms with Crippen molar-refractivity contribution in [3.63, 3.8) is 0 Å². The Morgan fingerprint density at radius 2 is 2.04 bits per heavy atom. The molecule has 0 saturated heterocycles. The predicted octanol–water partition coefficient (Wildman–Crippen LogP) is 2.98. The van der Waals surface area contributed by atoms with Crippen molar-refractivity contribution in [1.82, 2.24) is 15.6 Å². The second-order valence-electron chi connectivity index (χ2n) is 5.89. The number of benzene rings is 2. The number of fused-ring (bicyclic) bond motifs is 1. The SMILES string of the molecule is CN=C(NCCc1c[nH]c2ccccc12)NCc1cccc([N+](=O)[O-])c1. The summed E-state index contributed by atoms with van der Waals surface area (Å²) in [5.74, 6) is 0.663. The molecule has 0 fully saturated rings. The Morgan fingerprint density at radius 3 is 2.85 bits per heavy atom. The normalized spacial score (nSPS) is 11.5. The Balaban J connectivity index is 1.52. The van der Waals surface area contributed by atoms with Crippen LogP contribution in [-0.4, -0.2) is 29.5 Å². The Morgan fingerprint density at radius 1 is 1.19 bits per heavy atom. The highest BCUT2D eigenvalue weighted by Crippen LogP contribution is 2.17. The van der Waals surface area contributed by atoms with Gasteiger partial charge in [0.25, 0.3) is 5.69 Å². The van der Waals surface area contributed by atoms with Gasteiger partial charge in [0.05, 0.1) is 4.92 Å². The van der Waals surface area contributed by atoms with Crippen LogP contribution in [0.5, 0.6) is 0 Å². The van der Waals surface area contributed by atoms with E-state index in [4.69, 9.17) is 0 Å². The third kappa shape index (κ3) is 4.18. The van der Waals surface area contributed by atoms with Gasteiger partial charge in [0.2, 0.25) is 0 Å². The largest absolute Gasteiger partial charge is 0.361 e. The summed E-state index contributed by atoms with van der Waals surface area (Å²) in [5.41, 5.74) is 3.31. The van der Waals surface area contributed by atoms with E-state index in [1.807, 2.05) is 24.4 Å². The highest BCUT2D eigenvalue weighted by molar-refractivity contribution is 5.83. The molecular weight excluding hydrogens is 330 g/mol. The summed E-state index contributed by atoms with van der Waals surface area (Å²) in [6.07, 6.45) is 2.90. The van der Waals surface area contributed by atoms with Gasteiger partial charge in [-0.3, -0.25) is 15.1 Å². The Hall–Kier alpha value is -3.35. The van der Waals surface area contributed by atoms with E-state index in [0.717, 1.165) is 24.0 Å². The lowest BCUT2D eigenvalue weighted by molar-refractivity contribution is -0.384. The van der Waals surface area contributed by atoms with Crippen molar-refractivity contribution in [3.05, 3.63) is 76.0 Å². The van der Waals surface area contributed by atoms with Gasteiger partial charge in [0, 0.05) is 49.4 Å². The molecule has 0 amide bonds. The molecule has 0 radical (unpaired) electrons. The third-order valence-corrected chi connectivity index (χ3v) is 4.17. The second-order valence-corrected chi connectivity index (χ2v) is 5.89. The monoisotopic (exact) mass is 351 g/mol. The van der Waals surface area contributed by atoms with Crippen LogP contribution in [0.3, 0.4) is 0 Å². The van der Waals surface area contributed by atoms with E-state index in [2.05, 4.69) is 32.7 Å². The number of nitrogens with zero attached hydrogens (tertiary/aromatic N) is 2. The Kier molecular flexibility index (Phi) is 5.48. The number of nitrogens with one attached hydrogen (secondary N) is 3. The summed E-state index contributed by atoms with van der Waals surface area (Å²) in [4.78, 5) is 17.9. The number of guanidine groups is 1. The molecule has 1 aromatic heterocycles. The van der Waals surface area contributed by atoms with Crippen LogP contribution in [0.15, 0.2) is 59.7 Å². The molecule has 3 rings (SSSR count). The maximum absolute atomic E-state index is 10.8. The van der Waals surface area contributed by atoms with Crippen molar-refractivity contribution in [3.8, 4) is 0 Å². The number of non-ortho nitro benzene ring substituents is 1.